The third-order valence-corrected chi connectivity index (χ3v) is 4.36. The van der Waals surface area contributed by atoms with Gasteiger partial charge in [0.15, 0.2) is 0 Å². The van der Waals surface area contributed by atoms with Gasteiger partial charge in [-0.25, -0.2) is 5.43 Å². The van der Waals surface area contributed by atoms with E-state index in [1.165, 1.54) is 0 Å². The van der Waals surface area contributed by atoms with E-state index < -0.39 is 0 Å². The molecule has 2 unspecified atom stereocenters. The number of hydrogen-bond donors (Lipinski definition) is 3. The molecule has 2 rings (SSSR count). The van der Waals surface area contributed by atoms with Crippen molar-refractivity contribution in [2.24, 2.45) is 0 Å². The lowest BCUT2D eigenvalue weighted by molar-refractivity contribution is -0.117. The minimum absolute atomic E-state index is 0.0141. The first-order chi connectivity index (χ1) is 11.6. The second-order valence-corrected chi connectivity index (χ2v) is 6.11. The summed E-state index contributed by atoms with van der Waals surface area (Å²) in [6.45, 7) is 7.38. The lowest BCUT2D eigenvalue weighted by Gasteiger charge is -2.19. The molecule has 0 spiro atoms. The maximum Gasteiger partial charge on any atom is 0.253 e. The summed E-state index contributed by atoms with van der Waals surface area (Å²) in [6.07, 6.45) is 2.91. The molecule has 1 heterocycles. The van der Waals surface area contributed by atoms with Gasteiger partial charge < -0.3 is 10.2 Å². The summed E-state index contributed by atoms with van der Waals surface area (Å²) >= 11 is 0. The Morgan fingerprint density at radius 3 is 2.62 bits per heavy atom. The molecular formula is C18H28N4O2. The van der Waals surface area contributed by atoms with Crippen LogP contribution in [0, 0.1) is 0 Å². The van der Waals surface area contributed by atoms with Crippen LogP contribution in [0.4, 0.5) is 5.69 Å². The van der Waals surface area contributed by atoms with E-state index >= 15 is 0 Å². The third kappa shape index (κ3) is 4.55. The monoisotopic (exact) mass is 332 g/mol. The molecule has 0 aliphatic carbocycles. The number of nitrogens with one attached hydrogen (secondary N) is 3. The Morgan fingerprint density at radius 2 is 1.96 bits per heavy atom. The molecule has 0 saturated carbocycles. The van der Waals surface area contributed by atoms with Gasteiger partial charge in [0, 0.05) is 30.4 Å². The molecule has 1 aliphatic rings. The van der Waals surface area contributed by atoms with E-state index in [-0.39, 0.29) is 17.9 Å². The van der Waals surface area contributed by atoms with E-state index in [1.807, 2.05) is 19.9 Å². The fraction of sp³-hybridized carbons (Fsp3) is 0.556. The minimum atomic E-state index is -0.247. The van der Waals surface area contributed by atoms with Crippen LogP contribution in [0.2, 0.25) is 0 Å². The Labute approximate surface area is 144 Å². The number of rotatable bonds is 7. The van der Waals surface area contributed by atoms with Gasteiger partial charge in [-0.3, -0.25) is 15.0 Å². The predicted octanol–water partition coefficient (Wildman–Crippen LogP) is 2.14. The zero-order valence-corrected chi connectivity index (χ0v) is 14.8. The highest BCUT2D eigenvalue weighted by atomic mass is 16.2. The summed E-state index contributed by atoms with van der Waals surface area (Å²) in [6, 6.07) is 7.22. The Bertz CT molecular complexity index is 572. The van der Waals surface area contributed by atoms with Crippen molar-refractivity contribution in [1.82, 2.24) is 15.8 Å². The van der Waals surface area contributed by atoms with Crippen molar-refractivity contribution in [3.63, 3.8) is 0 Å². The number of anilines is 1. The first kappa shape index (κ1) is 18.4. The summed E-state index contributed by atoms with van der Waals surface area (Å²) in [4.78, 5) is 26.6. The fourth-order valence-electron chi connectivity index (χ4n) is 2.98. The zero-order chi connectivity index (χ0) is 17.5. The van der Waals surface area contributed by atoms with Crippen LogP contribution < -0.4 is 16.2 Å². The number of benzene rings is 1. The highest BCUT2D eigenvalue weighted by Crippen LogP contribution is 2.16. The molecule has 1 aliphatic heterocycles. The van der Waals surface area contributed by atoms with E-state index in [0.717, 1.165) is 19.3 Å². The van der Waals surface area contributed by atoms with Gasteiger partial charge in [-0.15, -0.1) is 0 Å². The van der Waals surface area contributed by atoms with Crippen molar-refractivity contribution in [1.29, 1.82) is 0 Å². The summed E-state index contributed by atoms with van der Waals surface area (Å²) < 4.78 is 0. The second kappa shape index (κ2) is 8.80. The van der Waals surface area contributed by atoms with Crippen molar-refractivity contribution >= 4 is 17.5 Å². The van der Waals surface area contributed by atoms with Crippen LogP contribution in [0.5, 0.6) is 0 Å². The minimum Gasteiger partial charge on any atom is -0.339 e. The number of hydrogen-bond acceptors (Lipinski definition) is 4. The van der Waals surface area contributed by atoms with Gasteiger partial charge in [0.05, 0.1) is 0 Å². The Hall–Kier alpha value is -1.92. The predicted molar refractivity (Wildman–Crippen MR) is 95.7 cm³/mol. The zero-order valence-electron chi connectivity index (χ0n) is 14.8. The SMILES string of the molecule is CCCC1CC(C(=O)Nc2cccc(C(=O)N(CC)CC)c2)NN1. The van der Waals surface area contributed by atoms with E-state index in [9.17, 15) is 9.59 Å². The molecule has 6 heteroatoms. The van der Waals surface area contributed by atoms with Gasteiger partial charge >= 0.3 is 0 Å². The van der Waals surface area contributed by atoms with Crippen molar-refractivity contribution in [3.8, 4) is 0 Å². The molecule has 0 bridgehead atoms. The van der Waals surface area contributed by atoms with Crippen LogP contribution in [-0.4, -0.2) is 41.9 Å². The van der Waals surface area contributed by atoms with Gasteiger partial charge in [-0.2, -0.15) is 0 Å². The van der Waals surface area contributed by atoms with Crippen molar-refractivity contribution in [2.45, 2.75) is 52.1 Å². The standard InChI is InChI=1S/C18H28N4O2/c1-4-8-15-12-16(21-20-15)17(23)19-14-10-7-9-13(11-14)18(24)22(5-2)6-3/h7,9-11,15-16,20-21H,4-6,8,12H2,1-3H3,(H,19,23). The largest absolute Gasteiger partial charge is 0.339 e. The molecule has 1 aromatic rings. The Morgan fingerprint density at radius 1 is 1.21 bits per heavy atom. The highest BCUT2D eigenvalue weighted by Gasteiger charge is 2.28. The first-order valence-corrected chi connectivity index (χ1v) is 8.80. The lowest BCUT2D eigenvalue weighted by atomic mass is 10.1. The van der Waals surface area contributed by atoms with Crippen molar-refractivity contribution in [2.75, 3.05) is 18.4 Å². The molecule has 0 radical (unpaired) electrons. The van der Waals surface area contributed by atoms with Crippen LogP contribution in [-0.2, 0) is 4.79 Å². The Balaban J connectivity index is 1.99. The van der Waals surface area contributed by atoms with Crippen LogP contribution in [0.3, 0.4) is 0 Å². The lowest BCUT2D eigenvalue weighted by Crippen LogP contribution is -2.40. The van der Waals surface area contributed by atoms with Gasteiger partial charge in [0.1, 0.15) is 6.04 Å². The average Bonchev–Trinajstić information content (AvgIpc) is 3.05. The fourth-order valence-corrected chi connectivity index (χ4v) is 2.98. The van der Waals surface area contributed by atoms with Crippen molar-refractivity contribution < 1.29 is 9.59 Å². The molecule has 2 atom stereocenters. The summed E-state index contributed by atoms with van der Waals surface area (Å²) in [5.74, 6) is -0.0895. The Kier molecular flexibility index (Phi) is 6.75. The van der Waals surface area contributed by atoms with E-state index in [4.69, 9.17) is 0 Å². The van der Waals surface area contributed by atoms with Crippen LogP contribution in [0.15, 0.2) is 24.3 Å². The molecule has 1 saturated heterocycles. The maximum atomic E-state index is 12.4. The molecule has 1 fully saturated rings. The molecule has 2 amide bonds. The topological polar surface area (TPSA) is 73.5 Å². The number of hydrazine groups is 1. The summed E-state index contributed by atoms with van der Waals surface area (Å²) in [5.41, 5.74) is 7.46. The van der Waals surface area contributed by atoms with Gasteiger partial charge in [0.2, 0.25) is 5.91 Å². The number of carbonyl (C=O) groups excluding carboxylic acids is 2. The van der Waals surface area contributed by atoms with Crippen LogP contribution in [0.25, 0.3) is 0 Å². The normalized spacial score (nSPS) is 20.0. The number of carbonyl (C=O) groups is 2. The maximum absolute atomic E-state index is 12.4. The summed E-state index contributed by atoms with van der Waals surface area (Å²) in [7, 11) is 0. The van der Waals surface area contributed by atoms with E-state index in [1.54, 1.807) is 23.1 Å². The van der Waals surface area contributed by atoms with E-state index in [2.05, 4.69) is 23.1 Å². The van der Waals surface area contributed by atoms with Crippen molar-refractivity contribution in [3.05, 3.63) is 29.8 Å². The average molecular weight is 332 g/mol. The molecule has 6 nitrogen and oxygen atoms in total. The smallest absolute Gasteiger partial charge is 0.253 e. The molecule has 24 heavy (non-hydrogen) atoms. The number of amides is 2. The first-order valence-electron chi connectivity index (χ1n) is 8.80. The highest BCUT2D eigenvalue weighted by molar-refractivity contribution is 5.98. The molecule has 0 aromatic heterocycles. The quantitative estimate of drug-likeness (QED) is 0.715. The third-order valence-electron chi connectivity index (χ3n) is 4.36. The van der Waals surface area contributed by atoms with Crippen LogP contribution >= 0.6 is 0 Å². The second-order valence-electron chi connectivity index (χ2n) is 6.11. The number of nitrogens with zero attached hydrogens (tertiary/aromatic N) is 1. The van der Waals surface area contributed by atoms with Gasteiger partial charge in [0.25, 0.3) is 5.91 Å². The molecular weight excluding hydrogens is 304 g/mol. The molecule has 1 aromatic carbocycles. The molecule has 3 N–H and O–H groups in total. The molecule has 132 valence electrons. The van der Waals surface area contributed by atoms with Crippen LogP contribution in [0.1, 0.15) is 50.4 Å². The van der Waals surface area contributed by atoms with Gasteiger partial charge in [-0.05, 0) is 44.9 Å². The summed E-state index contributed by atoms with van der Waals surface area (Å²) in [5, 5.41) is 2.90. The van der Waals surface area contributed by atoms with E-state index in [0.29, 0.717) is 30.4 Å². The van der Waals surface area contributed by atoms with Gasteiger partial charge in [-0.1, -0.05) is 19.4 Å².